The predicted octanol–water partition coefficient (Wildman–Crippen LogP) is 2.92. The molecule has 6 nitrogen and oxygen atoms in total. The number of allylic oxidation sites excluding steroid dienone is 1. The summed E-state index contributed by atoms with van der Waals surface area (Å²) in [5.74, 6) is -0.881. The zero-order valence-electron chi connectivity index (χ0n) is 13.5. The summed E-state index contributed by atoms with van der Waals surface area (Å²) >= 11 is 0. The molecule has 1 aromatic heterocycles. The van der Waals surface area contributed by atoms with Crippen molar-refractivity contribution in [1.82, 2.24) is 9.55 Å². The highest BCUT2D eigenvalue weighted by molar-refractivity contribution is 5.99. The summed E-state index contributed by atoms with van der Waals surface area (Å²) in [6, 6.07) is 6.59. The first kappa shape index (κ1) is 17.3. The molecule has 2 atom stereocenters. The molecule has 0 spiro atoms. The fourth-order valence-corrected chi connectivity index (χ4v) is 3.07. The highest BCUT2D eigenvalue weighted by atomic mass is 19.3. The summed E-state index contributed by atoms with van der Waals surface area (Å²) in [5.41, 5.74) is 6.58. The fourth-order valence-electron chi connectivity index (χ4n) is 3.07. The standard InChI is InChI=1S/C17H20F2N4O2/c18-16(19)17-22-10-5-1-2-6-11(10)23(17)14(20)9-15(21)25-13-8-4-3-7-12(13)24/h1-2,5-6,9,12-13,16,20,24H,3-4,7-8,21H2/t12-,13-/m0/s1. The zero-order valence-corrected chi connectivity index (χ0v) is 13.5. The van der Waals surface area contributed by atoms with Gasteiger partial charge in [0.05, 0.1) is 17.1 Å². The maximum atomic E-state index is 13.3. The van der Waals surface area contributed by atoms with Crippen molar-refractivity contribution < 1.29 is 18.6 Å². The molecule has 1 aliphatic rings. The number of benzene rings is 1. The van der Waals surface area contributed by atoms with Crippen molar-refractivity contribution in [1.29, 1.82) is 5.41 Å². The molecule has 3 rings (SSSR count). The number of nitrogens with two attached hydrogens (primary N) is 1. The van der Waals surface area contributed by atoms with E-state index >= 15 is 0 Å². The van der Waals surface area contributed by atoms with Crippen molar-refractivity contribution in [2.75, 3.05) is 0 Å². The maximum Gasteiger partial charge on any atom is 0.296 e. The number of aromatic nitrogens is 2. The highest BCUT2D eigenvalue weighted by Gasteiger charge is 2.25. The summed E-state index contributed by atoms with van der Waals surface area (Å²) in [6.45, 7) is 0. The number of hydrogen-bond donors (Lipinski definition) is 3. The number of rotatable bonds is 4. The van der Waals surface area contributed by atoms with Crippen molar-refractivity contribution in [3.8, 4) is 0 Å². The van der Waals surface area contributed by atoms with Crippen LogP contribution in [0.15, 0.2) is 36.2 Å². The molecule has 0 amide bonds. The molecule has 0 aliphatic heterocycles. The number of aliphatic hydroxyl groups excluding tert-OH is 1. The normalized spacial score (nSPS) is 21.7. The van der Waals surface area contributed by atoms with E-state index in [0.29, 0.717) is 23.9 Å². The van der Waals surface area contributed by atoms with Crippen LogP contribution < -0.4 is 5.73 Å². The lowest BCUT2D eigenvalue weighted by molar-refractivity contribution is -0.0297. The molecular formula is C17H20F2N4O2. The third-order valence-electron chi connectivity index (χ3n) is 4.26. The largest absolute Gasteiger partial charge is 0.473 e. The Morgan fingerprint density at radius 1 is 1.36 bits per heavy atom. The number of aliphatic hydroxyl groups is 1. The van der Waals surface area contributed by atoms with Crippen LogP contribution in [-0.4, -0.2) is 32.7 Å². The molecule has 0 unspecified atom stereocenters. The predicted molar refractivity (Wildman–Crippen MR) is 89.4 cm³/mol. The van der Waals surface area contributed by atoms with Crippen molar-refractivity contribution >= 4 is 16.9 Å². The second-order valence-corrected chi connectivity index (χ2v) is 6.03. The van der Waals surface area contributed by atoms with Gasteiger partial charge in [-0.25, -0.2) is 13.8 Å². The summed E-state index contributed by atoms with van der Waals surface area (Å²) in [4.78, 5) is 3.89. The number of nitrogens with zero attached hydrogens (tertiary/aromatic N) is 2. The lowest BCUT2D eigenvalue weighted by atomic mass is 9.95. The first-order chi connectivity index (χ1) is 12.0. The Morgan fingerprint density at radius 3 is 2.80 bits per heavy atom. The van der Waals surface area contributed by atoms with Crippen molar-refractivity contribution in [3.05, 3.63) is 42.0 Å². The number of fused-ring (bicyclic) bond motifs is 1. The fraction of sp³-hybridized carbons (Fsp3) is 0.412. The number of halogens is 2. The quantitative estimate of drug-likeness (QED) is 0.449. The van der Waals surface area contributed by atoms with E-state index in [2.05, 4.69) is 4.98 Å². The number of ether oxygens (including phenoxy) is 1. The van der Waals surface area contributed by atoms with Gasteiger partial charge in [0, 0.05) is 6.08 Å². The van der Waals surface area contributed by atoms with Crippen LogP contribution in [0.2, 0.25) is 0 Å². The van der Waals surface area contributed by atoms with Gasteiger partial charge in [0.25, 0.3) is 6.43 Å². The zero-order chi connectivity index (χ0) is 18.0. The van der Waals surface area contributed by atoms with Crippen LogP contribution in [0.25, 0.3) is 11.0 Å². The lowest BCUT2D eigenvalue weighted by Gasteiger charge is -2.28. The molecular weight excluding hydrogens is 330 g/mol. The van der Waals surface area contributed by atoms with Crippen molar-refractivity contribution in [2.45, 2.75) is 44.3 Å². The first-order valence-electron chi connectivity index (χ1n) is 8.13. The Bertz CT molecular complexity index is 803. The van der Waals surface area contributed by atoms with E-state index in [1.54, 1.807) is 24.3 Å². The van der Waals surface area contributed by atoms with Crippen LogP contribution in [0, 0.1) is 5.41 Å². The lowest BCUT2D eigenvalue weighted by Crippen LogP contribution is -2.33. The third-order valence-corrected chi connectivity index (χ3v) is 4.26. The molecule has 0 saturated heterocycles. The summed E-state index contributed by atoms with van der Waals surface area (Å²) in [6.07, 6.45) is 0.446. The van der Waals surface area contributed by atoms with Gasteiger partial charge in [-0.15, -0.1) is 0 Å². The number of hydrogen-bond acceptors (Lipinski definition) is 5. The summed E-state index contributed by atoms with van der Waals surface area (Å²) < 4.78 is 33.1. The van der Waals surface area contributed by atoms with Gasteiger partial charge >= 0.3 is 0 Å². The molecule has 1 saturated carbocycles. The first-order valence-corrected chi connectivity index (χ1v) is 8.13. The average Bonchev–Trinajstić information content (AvgIpc) is 2.97. The topological polar surface area (TPSA) is 97.2 Å². The molecule has 2 aromatic rings. The Labute approximate surface area is 143 Å². The van der Waals surface area contributed by atoms with Crippen LogP contribution in [0.4, 0.5) is 8.78 Å². The van der Waals surface area contributed by atoms with Crippen LogP contribution >= 0.6 is 0 Å². The van der Waals surface area contributed by atoms with Gasteiger partial charge in [0.15, 0.2) is 11.7 Å². The molecule has 134 valence electrons. The number of alkyl halides is 2. The minimum atomic E-state index is -2.83. The van der Waals surface area contributed by atoms with E-state index < -0.39 is 24.5 Å². The van der Waals surface area contributed by atoms with Crippen molar-refractivity contribution in [3.63, 3.8) is 0 Å². The number of nitrogens with one attached hydrogen (secondary N) is 1. The monoisotopic (exact) mass is 350 g/mol. The van der Waals surface area contributed by atoms with Crippen LogP contribution in [-0.2, 0) is 4.74 Å². The highest BCUT2D eigenvalue weighted by Crippen LogP contribution is 2.25. The van der Waals surface area contributed by atoms with Gasteiger partial charge in [0.2, 0.25) is 0 Å². The second kappa shape index (κ2) is 7.18. The van der Waals surface area contributed by atoms with Gasteiger partial charge in [-0.3, -0.25) is 9.98 Å². The van der Waals surface area contributed by atoms with Crippen LogP contribution in [0.1, 0.15) is 37.9 Å². The van der Waals surface area contributed by atoms with Gasteiger partial charge in [-0.1, -0.05) is 18.6 Å². The van der Waals surface area contributed by atoms with E-state index in [1.165, 1.54) is 6.08 Å². The van der Waals surface area contributed by atoms with Gasteiger partial charge in [-0.2, -0.15) is 0 Å². The second-order valence-electron chi connectivity index (χ2n) is 6.03. The van der Waals surface area contributed by atoms with E-state index in [9.17, 15) is 13.9 Å². The maximum absolute atomic E-state index is 13.3. The van der Waals surface area contributed by atoms with E-state index in [0.717, 1.165) is 17.4 Å². The Hall–Kier alpha value is -2.48. The molecule has 0 radical (unpaired) electrons. The minimum absolute atomic E-state index is 0.0889. The van der Waals surface area contributed by atoms with Crippen LogP contribution in [0.5, 0.6) is 0 Å². The number of para-hydroxylation sites is 2. The Kier molecular flexibility index (Phi) is 4.98. The summed E-state index contributed by atoms with van der Waals surface area (Å²) in [7, 11) is 0. The van der Waals surface area contributed by atoms with Gasteiger partial charge in [-0.05, 0) is 31.4 Å². The molecule has 1 heterocycles. The van der Waals surface area contributed by atoms with Crippen LogP contribution in [0.3, 0.4) is 0 Å². The number of imidazole rings is 1. The smallest absolute Gasteiger partial charge is 0.296 e. The molecule has 1 aliphatic carbocycles. The Morgan fingerprint density at radius 2 is 2.08 bits per heavy atom. The molecule has 1 aromatic carbocycles. The third kappa shape index (κ3) is 3.63. The molecule has 4 N–H and O–H groups in total. The van der Waals surface area contributed by atoms with Gasteiger partial charge in [0.1, 0.15) is 11.9 Å². The van der Waals surface area contributed by atoms with E-state index in [-0.39, 0.29) is 11.7 Å². The Balaban J connectivity index is 1.87. The van der Waals surface area contributed by atoms with E-state index in [1.807, 2.05) is 0 Å². The molecule has 1 fully saturated rings. The van der Waals surface area contributed by atoms with Gasteiger partial charge < -0.3 is 15.6 Å². The SMILES string of the molecule is N=C(C=C(N)O[C@H]1CCCC[C@@H]1O)n1c(C(F)F)nc2ccccc21. The van der Waals surface area contributed by atoms with E-state index in [4.69, 9.17) is 15.9 Å². The average molecular weight is 350 g/mol. The molecule has 8 heteroatoms. The summed E-state index contributed by atoms with van der Waals surface area (Å²) in [5, 5.41) is 18.1. The molecule has 25 heavy (non-hydrogen) atoms. The molecule has 0 bridgehead atoms. The van der Waals surface area contributed by atoms with Crippen molar-refractivity contribution in [2.24, 2.45) is 5.73 Å². The minimum Gasteiger partial charge on any atom is -0.473 e.